The highest BCUT2D eigenvalue weighted by Gasteiger charge is 2.38. The first-order chi connectivity index (χ1) is 17.8. The number of nitrogens with zero attached hydrogens (tertiary/aromatic N) is 1. The number of carbonyl (C=O) groups is 1. The van der Waals surface area contributed by atoms with Crippen molar-refractivity contribution in [1.29, 1.82) is 0 Å². The van der Waals surface area contributed by atoms with Gasteiger partial charge in [0.15, 0.2) is 17.3 Å². The van der Waals surface area contributed by atoms with Gasteiger partial charge in [-0.2, -0.15) is 13.2 Å². The van der Waals surface area contributed by atoms with Gasteiger partial charge >= 0.3 is 12.5 Å². The summed E-state index contributed by atoms with van der Waals surface area (Å²) in [6, 6.07) is 6.60. The van der Waals surface area contributed by atoms with Gasteiger partial charge in [-0.3, -0.25) is 4.79 Å². The Morgan fingerprint density at radius 1 is 0.923 bits per heavy atom. The lowest BCUT2D eigenvalue weighted by Gasteiger charge is -2.25. The standard InChI is InChI=1S/C22H17B3BrF7N2O4/c1-9-12(4-7-16(26)34-9)35-19(36)17-14(6-3-11(18(17)27)20(28,29)30)37-13-5-2-10(38-22(31,32)33)8-15(13)39-21(23,24)25/h2-8H,23-25H2,1H3,(H,35,36). The summed E-state index contributed by atoms with van der Waals surface area (Å²) in [5, 5.41) is 1.32. The molecule has 0 bridgehead atoms. The van der Waals surface area contributed by atoms with E-state index in [4.69, 9.17) is 9.47 Å². The summed E-state index contributed by atoms with van der Waals surface area (Å²) in [5.41, 5.74) is -2.49. The molecule has 0 spiro atoms. The molecule has 1 amide bonds. The van der Waals surface area contributed by atoms with Gasteiger partial charge in [0, 0.05) is 11.4 Å². The van der Waals surface area contributed by atoms with Crippen LogP contribution in [0, 0.1) is 12.7 Å². The molecule has 0 saturated carbocycles. The third kappa shape index (κ3) is 8.07. The zero-order chi connectivity index (χ0) is 29.3. The number of nitrogens with one attached hydrogen (secondary N) is 1. The molecule has 0 saturated heterocycles. The molecule has 2 aromatic carbocycles. The summed E-state index contributed by atoms with van der Waals surface area (Å²) in [4.78, 5) is 17.1. The SMILES string of the molecule is BC(B)(B)Oc1cc(OC(F)(F)F)ccc1Oc1ccc(C(F)(F)F)c(F)c1C(=O)Nc1ccc(Br)nc1C. The molecule has 0 aliphatic carbocycles. The van der Waals surface area contributed by atoms with Crippen LogP contribution in [0.2, 0.25) is 0 Å². The van der Waals surface area contributed by atoms with E-state index >= 15 is 4.39 Å². The summed E-state index contributed by atoms with van der Waals surface area (Å²) in [6.45, 7) is 1.50. The first-order valence-electron chi connectivity index (χ1n) is 10.9. The Labute approximate surface area is 228 Å². The minimum absolute atomic E-state index is 0.0800. The number of ether oxygens (including phenoxy) is 3. The fourth-order valence-corrected chi connectivity index (χ4v) is 3.62. The Bertz CT molecular complexity index is 1400. The zero-order valence-corrected chi connectivity index (χ0v) is 22.2. The van der Waals surface area contributed by atoms with E-state index in [2.05, 4.69) is 31.0 Å². The quantitative estimate of drug-likeness (QED) is 0.245. The molecule has 0 atom stereocenters. The van der Waals surface area contributed by atoms with Gasteiger partial charge in [-0.25, -0.2) is 9.37 Å². The van der Waals surface area contributed by atoms with Crippen molar-refractivity contribution in [3.63, 3.8) is 0 Å². The Balaban J connectivity index is 2.12. The van der Waals surface area contributed by atoms with Crippen molar-refractivity contribution in [2.45, 2.75) is 24.8 Å². The van der Waals surface area contributed by atoms with E-state index in [0.29, 0.717) is 16.7 Å². The second-order valence-electron chi connectivity index (χ2n) is 8.99. The van der Waals surface area contributed by atoms with Crippen LogP contribution in [-0.4, -0.2) is 46.1 Å². The number of amides is 1. The second-order valence-corrected chi connectivity index (χ2v) is 9.80. The smallest absolute Gasteiger partial charge is 0.510 e. The number of alkyl halides is 6. The second kappa shape index (κ2) is 11.0. The van der Waals surface area contributed by atoms with Crippen LogP contribution in [0.4, 0.5) is 36.4 Å². The molecule has 204 valence electrons. The number of rotatable bonds is 7. The third-order valence-electron chi connectivity index (χ3n) is 4.72. The van der Waals surface area contributed by atoms with Crippen LogP contribution in [-0.2, 0) is 6.18 Å². The fourth-order valence-electron chi connectivity index (χ4n) is 3.22. The van der Waals surface area contributed by atoms with Crippen LogP contribution < -0.4 is 19.5 Å². The molecule has 0 aliphatic rings. The maximum Gasteiger partial charge on any atom is 0.573 e. The predicted molar refractivity (Wildman–Crippen MR) is 138 cm³/mol. The van der Waals surface area contributed by atoms with Crippen LogP contribution in [0.1, 0.15) is 21.6 Å². The number of pyridine rings is 1. The number of hydrogen-bond donors (Lipinski definition) is 1. The Kier molecular flexibility index (Phi) is 8.53. The highest BCUT2D eigenvalue weighted by atomic mass is 79.9. The molecule has 1 heterocycles. The van der Waals surface area contributed by atoms with Crippen molar-refractivity contribution in [3.8, 4) is 23.0 Å². The topological polar surface area (TPSA) is 69.7 Å². The molecule has 3 aromatic rings. The first-order valence-corrected chi connectivity index (χ1v) is 11.7. The van der Waals surface area contributed by atoms with Gasteiger partial charge in [0.05, 0.1) is 16.9 Å². The van der Waals surface area contributed by atoms with Crippen molar-refractivity contribution in [3.05, 3.63) is 69.7 Å². The van der Waals surface area contributed by atoms with Gasteiger partial charge in [0.1, 0.15) is 45.2 Å². The Morgan fingerprint density at radius 2 is 1.56 bits per heavy atom. The lowest BCUT2D eigenvalue weighted by Crippen LogP contribution is -2.37. The largest absolute Gasteiger partial charge is 0.573 e. The minimum Gasteiger partial charge on any atom is -0.510 e. The number of benzene rings is 2. The van der Waals surface area contributed by atoms with Gasteiger partial charge in [-0.05, 0) is 59.3 Å². The molecule has 3 rings (SSSR count). The summed E-state index contributed by atoms with van der Waals surface area (Å²) in [5.74, 6) is -5.20. The van der Waals surface area contributed by atoms with Crippen LogP contribution in [0.5, 0.6) is 23.0 Å². The van der Waals surface area contributed by atoms with Crippen LogP contribution in [0.15, 0.2) is 47.1 Å². The molecule has 0 fully saturated rings. The molecule has 39 heavy (non-hydrogen) atoms. The number of anilines is 1. The minimum atomic E-state index is -5.15. The van der Waals surface area contributed by atoms with Gasteiger partial charge in [-0.1, -0.05) is 0 Å². The summed E-state index contributed by atoms with van der Waals surface area (Å²) in [6.07, 6.45) is -10.2. The monoisotopic (exact) mass is 618 g/mol. The molecule has 6 nitrogen and oxygen atoms in total. The lowest BCUT2D eigenvalue weighted by atomic mass is 9.52. The first kappa shape index (κ1) is 30.2. The van der Waals surface area contributed by atoms with E-state index in [9.17, 15) is 31.1 Å². The Hall–Kier alpha value is -3.36. The van der Waals surface area contributed by atoms with Gasteiger partial charge in [-0.15, -0.1) is 13.2 Å². The third-order valence-corrected chi connectivity index (χ3v) is 5.16. The van der Waals surface area contributed by atoms with Crippen molar-refractivity contribution >= 4 is 51.1 Å². The molecule has 17 heteroatoms. The van der Waals surface area contributed by atoms with Crippen molar-refractivity contribution in [2.24, 2.45) is 0 Å². The highest BCUT2D eigenvalue weighted by Crippen LogP contribution is 2.41. The molecule has 1 N–H and O–H groups in total. The van der Waals surface area contributed by atoms with Crippen molar-refractivity contribution in [1.82, 2.24) is 4.98 Å². The highest BCUT2D eigenvalue weighted by molar-refractivity contribution is 9.10. The number of hydrogen-bond acceptors (Lipinski definition) is 5. The van der Waals surface area contributed by atoms with Crippen molar-refractivity contribution < 1.29 is 49.7 Å². The normalized spacial score (nSPS) is 12.1. The van der Waals surface area contributed by atoms with Gasteiger partial charge < -0.3 is 19.5 Å². The van der Waals surface area contributed by atoms with E-state index < -0.39 is 52.2 Å². The van der Waals surface area contributed by atoms with E-state index in [1.54, 1.807) is 23.5 Å². The van der Waals surface area contributed by atoms with E-state index in [0.717, 1.165) is 18.2 Å². The van der Waals surface area contributed by atoms with Gasteiger partial charge in [0.25, 0.3) is 5.91 Å². The number of halogens is 8. The molecule has 1 aromatic heterocycles. The molecule has 0 unspecified atom stereocenters. The lowest BCUT2D eigenvalue weighted by molar-refractivity contribution is -0.274. The van der Waals surface area contributed by atoms with Crippen LogP contribution >= 0.6 is 15.9 Å². The van der Waals surface area contributed by atoms with Crippen LogP contribution in [0.3, 0.4) is 0 Å². The van der Waals surface area contributed by atoms with E-state index in [-0.39, 0.29) is 22.9 Å². The molecular weight excluding hydrogens is 602 g/mol. The Morgan fingerprint density at radius 3 is 2.13 bits per heavy atom. The number of aryl methyl sites for hydroxylation is 1. The average Bonchev–Trinajstić information content (AvgIpc) is 2.74. The molecule has 0 aliphatic heterocycles. The van der Waals surface area contributed by atoms with E-state index in [1.165, 1.54) is 19.1 Å². The summed E-state index contributed by atoms with van der Waals surface area (Å²) < 4.78 is 109. The van der Waals surface area contributed by atoms with Crippen LogP contribution in [0.25, 0.3) is 0 Å². The maximum atomic E-state index is 15.2. The average molecular weight is 619 g/mol. The molecular formula is C22H17B3BrF7N2O4. The summed E-state index contributed by atoms with van der Waals surface area (Å²) >= 11 is 3.14. The van der Waals surface area contributed by atoms with Crippen molar-refractivity contribution in [2.75, 3.05) is 5.32 Å². The zero-order valence-electron chi connectivity index (χ0n) is 20.6. The number of aromatic nitrogens is 1. The maximum absolute atomic E-state index is 15.2. The predicted octanol–water partition coefficient (Wildman–Crippen LogP) is 4.14. The summed E-state index contributed by atoms with van der Waals surface area (Å²) in [7, 11) is 4.71. The van der Waals surface area contributed by atoms with E-state index in [1.807, 2.05) is 0 Å². The molecule has 0 radical (unpaired) electrons. The number of carbonyl (C=O) groups excluding carboxylic acids is 1. The fraction of sp³-hybridized carbons (Fsp3) is 0.182. The van der Waals surface area contributed by atoms with Gasteiger partial charge in [0.2, 0.25) is 0 Å².